The Balaban J connectivity index is 0.000000259. The summed E-state index contributed by atoms with van der Waals surface area (Å²) in [6.07, 6.45) is 1.13. The second kappa shape index (κ2) is 12.6. The molecule has 2 aromatic carbocycles. The number of aromatic carboxylic acids is 1. The van der Waals surface area contributed by atoms with Crippen LogP contribution in [0, 0.1) is 6.92 Å². The number of hydrogen-bond donors (Lipinski definition) is 3. The lowest BCUT2D eigenvalue weighted by Gasteiger charge is -2.13. The highest BCUT2D eigenvalue weighted by atomic mass is 32.2. The normalized spacial score (nSPS) is 11.2. The molecule has 150 valence electrons. The van der Waals surface area contributed by atoms with E-state index < -0.39 is 5.97 Å². The van der Waals surface area contributed by atoms with E-state index in [1.807, 2.05) is 20.8 Å². The highest BCUT2D eigenvalue weighted by Gasteiger charge is 2.08. The Morgan fingerprint density at radius 1 is 1.21 bits per heavy atom. The van der Waals surface area contributed by atoms with Gasteiger partial charge in [0.25, 0.3) is 0 Å². The van der Waals surface area contributed by atoms with Crippen LogP contribution in [0.2, 0.25) is 0 Å². The van der Waals surface area contributed by atoms with Gasteiger partial charge in [-0.3, -0.25) is 4.79 Å². The zero-order valence-electron chi connectivity index (χ0n) is 16.7. The van der Waals surface area contributed by atoms with E-state index in [2.05, 4.69) is 40.2 Å². The van der Waals surface area contributed by atoms with Gasteiger partial charge in [-0.15, -0.1) is 0 Å². The van der Waals surface area contributed by atoms with E-state index in [4.69, 9.17) is 5.11 Å². The smallest absolute Gasteiger partial charge is 0.335 e. The Kier molecular flexibility index (Phi) is 10.4. The maximum Gasteiger partial charge on any atom is 0.335 e. The molecule has 0 bridgehead atoms. The minimum atomic E-state index is -0.938. The number of nitrogens with zero attached hydrogens (tertiary/aromatic N) is 1. The quantitative estimate of drug-likeness (QED) is 0.393. The van der Waals surface area contributed by atoms with Gasteiger partial charge in [0.2, 0.25) is 6.41 Å². The predicted octanol–water partition coefficient (Wildman–Crippen LogP) is 4.35. The van der Waals surface area contributed by atoms with Crippen LogP contribution in [-0.2, 0) is 11.2 Å². The summed E-state index contributed by atoms with van der Waals surface area (Å²) < 4.78 is 3.13. The van der Waals surface area contributed by atoms with Crippen LogP contribution >= 0.6 is 11.9 Å². The van der Waals surface area contributed by atoms with Crippen LogP contribution in [0.1, 0.15) is 42.3 Å². The van der Waals surface area contributed by atoms with Gasteiger partial charge in [0.1, 0.15) is 5.84 Å². The number of amides is 1. The van der Waals surface area contributed by atoms with Crippen molar-refractivity contribution < 1.29 is 14.7 Å². The summed E-state index contributed by atoms with van der Waals surface area (Å²) in [7, 11) is 0. The lowest BCUT2D eigenvalue weighted by molar-refractivity contribution is -0.109. The molecule has 0 unspecified atom stereocenters. The van der Waals surface area contributed by atoms with Gasteiger partial charge in [0, 0.05) is 6.54 Å². The van der Waals surface area contributed by atoms with Crippen LogP contribution in [0.25, 0.3) is 0 Å². The van der Waals surface area contributed by atoms with E-state index in [1.54, 1.807) is 36.2 Å². The highest BCUT2D eigenvalue weighted by molar-refractivity contribution is 7.98. The Hall–Kier alpha value is -2.80. The lowest BCUT2D eigenvalue weighted by Crippen LogP contribution is -2.15. The Bertz CT molecular complexity index is 822. The summed E-state index contributed by atoms with van der Waals surface area (Å²) in [6.45, 7) is 8.51. The van der Waals surface area contributed by atoms with Crippen LogP contribution in [0.15, 0.2) is 52.4 Å². The van der Waals surface area contributed by atoms with Crippen molar-refractivity contribution in [2.45, 2.75) is 39.0 Å². The number of amidine groups is 1. The first-order chi connectivity index (χ1) is 13.5. The van der Waals surface area contributed by atoms with Gasteiger partial charge < -0.3 is 15.1 Å². The summed E-state index contributed by atoms with van der Waals surface area (Å²) >= 11 is 1.63. The molecule has 0 radical (unpaired) electrons. The molecule has 2 aromatic rings. The number of benzene rings is 2. The largest absolute Gasteiger partial charge is 0.478 e. The molecule has 7 heteroatoms. The number of aryl methyl sites for hydroxylation is 1. The molecule has 0 aromatic heterocycles. The van der Waals surface area contributed by atoms with Gasteiger partial charge >= 0.3 is 5.97 Å². The first-order valence-corrected chi connectivity index (χ1v) is 9.90. The zero-order valence-corrected chi connectivity index (χ0v) is 17.5. The number of hydrogen-bond acceptors (Lipinski definition) is 5. The fourth-order valence-electron chi connectivity index (χ4n) is 2.34. The van der Waals surface area contributed by atoms with Crippen molar-refractivity contribution >= 4 is 35.9 Å². The summed E-state index contributed by atoms with van der Waals surface area (Å²) in [5, 5.41) is 11.3. The molecule has 0 aliphatic carbocycles. The Labute approximate surface area is 170 Å². The summed E-state index contributed by atoms with van der Waals surface area (Å²) in [4.78, 5) is 26.3. The van der Waals surface area contributed by atoms with Gasteiger partial charge in [-0.25, -0.2) is 9.79 Å². The van der Waals surface area contributed by atoms with Crippen LogP contribution in [0.4, 0.5) is 5.69 Å². The number of carboxylic acid groups (broad SMARTS) is 1. The van der Waals surface area contributed by atoms with Crippen molar-refractivity contribution in [3.05, 3.63) is 59.2 Å². The van der Waals surface area contributed by atoms with Crippen LogP contribution in [0.3, 0.4) is 0 Å². The lowest BCUT2D eigenvalue weighted by atomic mass is 10.1. The predicted molar refractivity (Wildman–Crippen MR) is 115 cm³/mol. The van der Waals surface area contributed by atoms with E-state index in [-0.39, 0.29) is 0 Å². The summed E-state index contributed by atoms with van der Waals surface area (Å²) in [5.74, 6) is 0.0306. The van der Waals surface area contributed by atoms with E-state index in [0.717, 1.165) is 17.1 Å². The van der Waals surface area contributed by atoms with E-state index in [1.165, 1.54) is 10.5 Å². The molecular weight excluding hydrogens is 374 g/mol. The topological polar surface area (TPSA) is 90.8 Å². The number of carbonyl (C=O) groups excluding carboxylic acids is 1. The van der Waals surface area contributed by atoms with Crippen molar-refractivity contribution in [3.8, 4) is 0 Å². The van der Waals surface area contributed by atoms with Gasteiger partial charge in [0.15, 0.2) is 0 Å². The molecule has 0 saturated carbocycles. The maximum atomic E-state index is 10.8. The second-order valence-corrected chi connectivity index (χ2v) is 6.50. The molecule has 1 amide bonds. The van der Waals surface area contributed by atoms with Crippen molar-refractivity contribution in [3.63, 3.8) is 0 Å². The molecule has 0 spiro atoms. The third-order valence-corrected chi connectivity index (χ3v) is 4.53. The minimum Gasteiger partial charge on any atom is -0.478 e. The van der Waals surface area contributed by atoms with Gasteiger partial charge in [0.05, 0.1) is 16.1 Å². The van der Waals surface area contributed by atoms with Gasteiger partial charge in [-0.2, -0.15) is 0 Å². The average Bonchev–Trinajstić information content (AvgIpc) is 2.71. The van der Waals surface area contributed by atoms with E-state index >= 15 is 0 Å². The number of rotatable bonds is 5. The van der Waals surface area contributed by atoms with Crippen molar-refractivity contribution in [1.29, 1.82) is 0 Å². The molecule has 0 atom stereocenters. The Morgan fingerprint density at radius 2 is 1.93 bits per heavy atom. The third kappa shape index (κ3) is 7.44. The number of nitrogens with one attached hydrogen (secondary N) is 2. The standard InChI is InChI=1S/C10H11NO3.C9H10N2S.C2H6/c12-7-11-6-5-8-3-1-2-4-9(8)10(13)14;1-6-3-4-8-9(5-6)12-11-7(2)10-8;1-2/h1-4,7H,5-6H2,(H,11,12)(H,13,14);3-5H,1-2H3,(H,10,11);1-2H3. The monoisotopic (exact) mass is 401 g/mol. The Morgan fingerprint density at radius 3 is 2.61 bits per heavy atom. The molecule has 0 saturated heterocycles. The van der Waals surface area contributed by atoms with Crippen LogP contribution in [-0.4, -0.2) is 29.9 Å². The molecule has 3 N–H and O–H groups in total. The SMILES string of the molecule is CC.CC1=Nc2ccc(C)cc2SN1.O=CNCCc1ccccc1C(=O)O. The highest BCUT2D eigenvalue weighted by Crippen LogP contribution is 2.31. The van der Waals surface area contributed by atoms with Crippen molar-refractivity contribution in [1.82, 2.24) is 10.0 Å². The molecule has 1 aliphatic rings. The third-order valence-electron chi connectivity index (χ3n) is 3.58. The van der Waals surface area contributed by atoms with E-state index in [0.29, 0.717) is 24.9 Å². The summed E-state index contributed by atoms with van der Waals surface area (Å²) in [5.41, 5.74) is 3.37. The van der Waals surface area contributed by atoms with Crippen molar-refractivity contribution in [2.24, 2.45) is 4.99 Å². The molecule has 6 nitrogen and oxygen atoms in total. The first-order valence-electron chi connectivity index (χ1n) is 9.08. The average molecular weight is 402 g/mol. The number of aliphatic imine (C=N–C) groups is 1. The first kappa shape index (κ1) is 23.2. The molecule has 1 heterocycles. The number of carbonyl (C=O) groups is 2. The maximum absolute atomic E-state index is 10.8. The molecular formula is C21H27N3O3S. The molecule has 28 heavy (non-hydrogen) atoms. The minimum absolute atomic E-state index is 0.292. The molecule has 1 aliphatic heterocycles. The summed E-state index contributed by atoms with van der Waals surface area (Å²) in [6, 6.07) is 13.0. The second-order valence-electron chi connectivity index (χ2n) is 5.66. The van der Waals surface area contributed by atoms with Gasteiger partial charge in [-0.1, -0.05) is 38.1 Å². The molecule has 0 fully saturated rings. The fraction of sp³-hybridized carbons (Fsp3) is 0.286. The zero-order chi connectivity index (χ0) is 20.9. The van der Waals surface area contributed by atoms with E-state index in [9.17, 15) is 9.59 Å². The number of carboxylic acids is 1. The van der Waals surface area contributed by atoms with Crippen LogP contribution in [0.5, 0.6) is 0 Å². The molecule has 3 rings (SSSR count). The fourth-order valence-corrected chi connectivity index (χ4v) is 3.11. The van der Waals surface area contributed by atoms with Crippen molar-refractivity contribution in [2.75, 3.05) is 6.54 Å². The number of fused-ring (bicyclic) bond motifs is 1. The van der Waals surface area contributed by atoms with Gasteiger partial charge in [-0.05, 0) is 61.5 Å². The van der Waals surface area contributed by atoms with Crippen LogP contribution < -0.4 is 10.0 Å².